The molecule has 0 rings (SSSR count). The molecule has 0 spiro atoms. The van der Waals surface area contributed by atoms with Crippen LogP contribution in [-0.2, 0) is 18.9 Å². The van der Waals surface area contributed by atoms with Crippen molar-refractivity contribution in [2.24, 2.45) is 5.92 Å². The van der Waals surface area contributed by atoms with Crippen LogP contribution in [0.3, 0.4) is 0 Å². The van der Waals surface area contributed by atoms with Crippen LogP contribution in [0.2, 0.25) is 0 Å². The Morgan fingerprint density at radius 3 is 0.960 bits per heavy atom. The molecule has 0 saturated carbocycles. The summed E-state index contributed by atoms with van der Waals surface area (Å²) < 4.78 is 18.8. The molecule has 0 aliphatic carbocycles. The molecule has 0 heterocycles. The van der Waals surface area contributed by atoms with Gasteiger partial charge in [0.15, 0.2) is 0 Å². The van der Waals surface area contributed by atoms with E-state index < -0.39 is 0 Å². The lowest BCUT2D eigenvalue weighted by molar-refractivity contribution is 0.134. The second-order valence-electron chi connectivity index (χ2n) is 4.70. The predicted molar refractivity (Wildman–Crippen MR) is 122 cm³/mol. The smallest absolute Gasteiger partial charge is 0.0515 e. The maximum absolute atomic E-state index is 4.80. The van der Waals surface area contributed by atoms with Gasteiger partial charge in [-0.05, 0) is 33.1 Å². The van der Waals surface area contributed by atoms with Gasteiger partial charge in [-0.25, -0.2) is 0 Å². The van der Waals surface area contributed by atoms with Crippen LogP contribution in [0.25, 0.3) is 0 Å². The molecule has 4 heteroatoms. The van der Waals surface area contributed by atoms with Crippen molar-refractivity contribution in [2.75, 3.05) is 48.3 Å². The third-order valence-corrected chi connectivity index (χ3v) is 1.67. The van der Waals surface area contributed by atoms with Gasteiger partial charge in [0.25, 0.3) is 0 Å². The summed E-state index contributed by atoms with van der Waals surface area (Å²) in [6, 6.07) is 0. The first kappa shape index (κ1) is 56.3. The molecule has 0 saturated heterocycles. The number of ether oxygens (including phenoxy) is 4. The molecule has 0 aromatic heterocycles. The Kier molecular flexibility index (Phi) is 146. The molecular weight excluding hydrogens is 316 g/mol. The van der Waals surface area contributed by atoms with E-state index in [2.05, 4.69) is 25.5 Å². The number of hydrogen-bond donors (Lipinski definition) is 0. The monoisotopic (exact) mass is 376 g/mol. The fourth-order valence-electron chi connectivity index (χ4n) is 0.537. The molecular formula is C21H60O4. The summed E-state index contributed by atoms with van der Waals surface area (Å²) in [6.07, 6.45) is 1.51. The fourth-order valence-corrected chi connectivity index (χ4v) is 0.537. The van der Waals surface area contributed by atoms with E-state index in [1.54, 1.807) is 28.4 Å². The third-order valence-electron chi connectivity index (χ3n) is 1.67. The van der Waals surface area contributed by atoms with Gasteiger partial charge < -0.3 is 18.9 Å². The Bertz CT molecular complexity index is 114. The van der Waals surface area contributed by atoms with Gasteiger partial charge in [-0.1, -0.05) is 57.9 Å². The van der Waals surface area contributed by atoms with Crippen LogP contribution in [0.1, 0.15) is 85.1 Å². The van der Waals surface area contributed by atoms with Crippen molar-refractivity contribution in [2.45, 2.75) is 91.2 Å². The number of methoxy groups -OCH3 is 4. The van der Waals surface area contributed by atoms with Gasteiger partial charge in [0.1, 0.15) is 0 Å². The van der Waals surface area contributed by atoms with Gasteiger partial charge in [0, 0.05) is 48.3 Å². The average Bonchev–Trinajstić information content (AvgIpc) is 2.41. The summed E-state index contributed by atoms with van der Waals surface area (Å²) in [6.45, 7) is 14.9. The van der Waals surface area contributed by atoms with E-state index >= 15 is 0 Å². The lowest BCUT2D eigenvalue weighted by Gasteiger charge is -1.97. The average molecular weight is 377 g/mol. The Balaban J connectivity index is -0.0000000184. The van der Waals surface area contributed by atoms with Crippen LogP contribution in [0.5, 0.6) is 0 Å². The fraction of sp³-hybridized carbons (Fsp3) is 1.00. The molecule has 0 aromatic rings. The van der Waals surface area contributed by atoms with Crippen molar-refractivity contribution in [3.63, 3.8) is 0 Å². The topological polar surface area (TPSA) is 36.9 Å². The molecule has 0 atom stereocenters. The summed E-state index contributed by atoms with van der Waals surface area (Å²) in [5.41, 5.74) is 0. The van der Waals surface area contributed by atoms with Gasteiger partial charge in [0.05, 0.1) is 6.10 Å². The first-order chi connectivity index (χ1) is 9.37. The van der Waals surface area contributed by atoms with E-state index in [0.717, 1.165) is 26.2 Å². The van der Waals surface area contributed by atoms with E-state index in [4.69, 9.17) is 14.2 Å². The molecule has 168 valence electrons. The number of rotatable bonds is 6. The van der Waals surface area contributed by atoms with Gasteiger partial charge in [0.2, 0.25) is 0 Å². The Hall–Kier alpha value is -0.160. The van der Waals surface area contributed by atoms with Crippen LogP contribution < -0.4 is 0 Å². The molecule has 0 unspecified atom stereocenters. The minimum atomic E-state index is 0. The molecule has 0 fully saturated rings. The molecule has 0 N–H and O–H groups in total. The minimum Gasteiger partial charge on any atom is -0.385 e. The normalized spacial score (nSPS) is 7.20. The second-order valence-corrected chi connectivity index (χ2v) is 4.70. The van der Waals surface area contributed by atoms with Crippen LogP contribution in [0, 0.1) is 5.92 Å². The Morgan fingerprint density at radius 2 is 0.960 bits per heavy atom. The van der Waals surface area contributed by atoms with Crippen molar-refractivity contribution in [3.05, 3.63) is 0 Å². The highest BCUT2D eigenvalue weighted by Gasteiger charge is 1.85. The summed E-state index contributed by atoms with van der Waals surface area (Å²) >= 11 is 0. The molecule has 0 radical (unpaired) electrons. The third kappa shape index (κ3) is 185. The lowest BCUT2D eigenvalue weighted by Crippen LogP contribution is -1.96. The van der Waals surface area contributed by atoms with Crippen molar-refractivity contribution < 1.29 is 18.9 Å². The maximum Gasteiger partial charge on any atom is 0.0515 e. The second kappa shape index (κ2) is 64.9. The largest absolute Gasteiger partial charge is 0.385 e. The molecule has 0 bridgehead atoms. The first-order valence-corrected chi connectivity index (χ1v) is 7.37. The van der Waals surface area contributed by atoms with Crippen LogP contribution in [-0.4, -0.2) is 54.4 Å². The molecule has 25 heavy (non-hydrogen) atoms. The van der Waals surface area contributed by atoms with E-state index in [1.165, 1.54) is 0 Å². The van der Waals surface area contributed by atoms with Crippen LogP contribution >= 0.6 is 0 Å². The predicted octanol–water partition coefficient (Wildman–Crippen LogP) is 7.21. The molecule has 0 aromatic carbocycles. The highest BCUT2D eigenvalue weighted by atomic mass is 16.5. The standard InChI is InChI=1S/C5H12O.2C4H10O.C3H8O.5CH4/c1-5(2)4-6-3;1-4(2)5-3;1-3-4-5-2;1-3-4-2;;;;;/h5H,4H2,1-3H3;4H,1-3H3;3-4H2,1-2H3;3H2,1-2H3;5*1H4. The van der Waals surface area contributed by atoms with E-state index in [-0.39, 0.29) is 37.1 Å². The number of hydrogen-bond acceptors (Lipinski definition) is 4. The van der Waals surface area contributed by atoms with Crippen molar-refractivity contribution in [3.8, 4) is 0 Å². The highest BCUT2D eigenvalue weighted by Crippen LogP contribution is 1.88. The summed E-state index contributed by atoms with van der Waals surface area (Å²) in [5, 5.41) is 0. The maximum atomic E-state index is 4.80. The molecule has 0 aliphatic heterocycles. The van der Waals surface area contributed by atoms with Crippen molar-refractivity contribution in [1.29, 1.82) is 0 Å². The Labute approximate surface area is 165 Å². The van der Waals surface area contributed by atoms with Crippen LogP contribution in [0.4, 0.5) is 0 Å². The zero-order chi connectivity index (χ0) is 16.8. The highest BCUT2D eigenvalue weighted by molar-refractivity contribution is 4.35. The SMILES string of the molecule is C.C.C.C.C.CCCOC.CCOC.COC(C)C.COCC(C)C. The first-order valence-electron chi connectivity index (χ1n) is 7.37. The van der Waals surface area contributed by atoms with Gasteiger partial charge in [-0.3, -0.25) is 0 Å². The zero-order valence-electron chi connectivity index (χ0n) is 15.6. The zero-order valence-corrected chi connectivity index (χ0v) is 15.6. The summed E-state index contributed by atoms with van der Waals surface area (Å²) in [4.78, 5) is 0. The van der Waals surface area contributed by atoms with Crippen molar-refractivity contribution in [1.82, 2.24) is 0 Å². The quantitative estimate of drug-likeness (QED) is 0.491. The summed E-state index contributed by atoms with van der Waals surface area (Å²) in [7, 11) is 6.81. The molecule has 0 amide bonds. The van der Waals surface area contributed by atoms with Crippen molar-refractivity contribution >= 4 is 0 Å². The van der Waals surface area contributed by atoms with Gasteiger partial charge in [-0.2, -0.15) is 0 Å². The van der Waals surface area contributed by atoms with Crippen LogP contribution in [0.15, 0.2) is 0 Å². The van der Waals surface area contributed by atoms with Gasteiger partial charge >= 0.3 is 0 Å². The molecule has 4 nitrogen and oxygen atoms in total. The minimum absolute atomic E-state index is 0. The van der Waals surface area contributed by atoms with Gasteiger partial charge in [-0.15, -0.1) is 0 Å². The molecule has 0 aliphatic rings. The summed E-state index contributed by atoms with van der Waals surface area (Å²) in [5.74, 6) is 0.676. The Morgan fingerprint density at radius 1 is 0.640 bits per heavy atom. The van der Waals surface area contributed by atoms with E-state index in [9.17, 15) is 0 Å². The van der Waals surface area contributed by atoms with E-state index in [0.29, 0.717) is 12.0 Å². The van der Waals surface area contributed by atoms with E-state index in [1.807, 2.05) is 20.8 Å². The lowest BCUT2D eigenvalue weighted by atomic mass is 10.2.